The Bertz CT molecular complexity index is 731. The van der Waals surface area contributed by atoms with Gasteiger partial charge >= 0.3 is 0 Å². The van der Waals surface area contributed by atoms with E-state index in [-0.39, 0.29) is 11.3 Å². The average Bonchev–Trinajstić information content (AvgIpc) is 2.53. The van der Waals surface area contributed by atoms with Crippen LogP contribution in [0.4, 0.5) is 5.69 Å². The van der Waals surface area contributed by atoms with Crippen molar-refractivity contribution >= 4 is 17.5 Å². The van der Waals surface area contributed by atoms with Crippen molar-refractivity contribution in [3.05, 3.63) is 69.5 Å². The Balaban J connectivity index is 2.05. The molecule has 0 unspecified atom stereocenters. The Kier molecular flexibility index (Phi) is 4.42. The normalized spacial score (nSPS) is 9.86. The van der Waals surface area contributed by atoms with Crippen LogP contribution in [-0.4, -0.2) is 21.7 Å². The van der Waals surface area contributed by atoms with Gasteiger partial charge in [0.25, 0.3) is 17.5 Å². The zero-order chi connectivity index (χ0) is 16.1. The van der Waals surface area contributed by atoms with Crippen molar-refractivity contribution in [1.82, 2.24) is 15.8 Å². The highest BCUT2D eigenvalue weighted by molar-refractivity contribution is 5.99. The highest BCUT2D eigenvalue weighted by Gasteiger charge is 2.15. The summed E-state index contributed by atoms with van der Waals surface area (Å²) in [6.45, 7) is 1.57. The molecule has 2 amide bonds. The maximum atomic E-state index is 11.9. The second-order valence-corrected chi connectivity index (χ2v) is 4.40. The first kappa shape index (κ1) is 15.1. The summed E-state index contributed by atoms with van der Waals surface area (Å²) in [5.74, 6) is -1.16. The monoisotopic (exact) mass is 300 g/mol. The van der Waals surface area contributed by atoms with Gasteiger partial charge in [-0.05, 0) is 25.1 Å². The highest BCUT2D eigenvalue weighted by atomic mass is 16.6. The van der Waals surface area contributed by atoms with Gasteiger partial charge in [0.15, 0.2) is 0 Å². The van der Waals surface area contributed by atoms with Gasteiger partial charge in [0.1, 0.15) is 0 Å². The van der Waals surface area contributed by atoms with E-state index in [2.05, 4.69) is 15.8 Å². The van der Waals surface area contributed by atoms with E-state index in [1.165, 1.54) is 36.7 Å². The maximum Gasteiger partial charge on any atom is 0.273 e. The largest absolute Gasteiger partial charge is 0.273 e. The number of amides is 2. The van der Waals surface area contributed by atoms with Gasteiger partial charge in [-0.25, -0.2) is 0 Å². The first-order chi connectivity index (χ1) is 10.5. The fraction of sp³-hybridized carbons (Fsp3) is 0.0714. The molecule has 0 saturated carbocycles. The summed E-state index contributed by atoms with van der Waals surface area (Å²) < 4.78 is 0. The number of carbonyl (C=O) groups is 2. The number of carbonyl (C=O) groups excluding carboxylic acids is 2. The van der Waals surface area contributed by atoms with Crippen molar-refractivity contribution in [3.8, 4) is 0 Å². The number of benzene rings is 1. The van der Waals surface area contributed by atoms with Gasteiger partial charge in [0, 0.05) is 35.2 Å². The molecule has 2 rings (SSSR count). The number of aryl methyl sites for hydroxylation is 1. The first-order valence-electron chi connectivity index (χ1n) is 6.25. The number of aromatic nitrogens is 1. The minimum atomic E-state index is -0.648. The number of hydrazine groups is 1. The fourth-order valence-electron chi connectivity index (χ4n) is 1.71. The summed E-state index contributed by atoms with van der Waals surface area (Å²) in [5, 5.41) is 10.8. The molecule has 2 N–H and O–H groups in total. The van der Waals surface area contributed by atoms with E-state index in [1.807, 2.05) is 0 Å². The van der Waals surface area contributed by atoms with Gasteiger partial charge in [0.05, 0.1) is 4.92 Å². The quantitative estimate of drug-likeness (QED) is 0.656. The third kappa shape index (κ3) is 3.42. The van der Waals surface area contributed by atoms with Crippen LogP contribution in [0.25, 0.3) is 0 Å². The molecule has 0 bridgehead atoms. The van der Waals surface area contributed by atoms with Gasteiger partial charge in [-0.3, -0.25) is 35.5 Å². The Morgan fingerprint density at radius 2 is 1.64 bits per heavy atom. The van der Waals surface area contributed by atoms with Crippen LogP contribution in [0.5, 0.6) is 0 Å². The molecule has 8 nitrogen and oxygen atoms in total. The Hall–Kier alpha value is -3.29. The van der Waals surface area contributed by atoms with Crippen molar-refractivity contribution in [2.45, 2.75) is 6.92 Å². The third-order valence-corrected chi connectivity index (χ3v) is 2.90. The first-order valence-corrected chi connectivity index (χ1v) is 6.25. The van der Waals surface area contributed by atoms with E-state index in [1.54, 1.807) is 6.92 Å². The van der Waals surface area contributed by atoms with Gasteiger partial charge in [-0.15, -0.1) is 0 Å². The lowest BCUT2D eigenvalue weighted by Crippen LogP contribution is -2.41. The molecule has 112 valence electrons. The molecule has 0 atom stereocenters. The molecule has 2 aromatic rings. The van der Waals surface area contributed by atoms with Crippen LogP contribution in [0, 0.1) is 17.0 Å². The summed E-state index contributed by atoms with van der Waals surface area (Å²) in [5.41, 5.74) is 5.11. The lowest BCUT2D eigenvalue weighted by molar-refractivity contribution is -0.385. The van der Waals surface area contributed by atoms with Crippen molar-refractivity contribution in [2.75, 3.05) is 0 Å². The van der Waals surface area contributed by atoms with E-state index in [0.29, 0.717) is 11.1 Å². The third-order valence-electron chi connectivity index (χ3n) is 2.90. The van der Waals surface area contributed by atoms with Crippen molar-refractivity contribution in [1.29, 1.82) is 0 Å². The van der Waals surface area contributed by atoms with Gasteiger partial charge in [-0.2, -0.15) is 0 Å². The average molecular weight is 300 g/mol. The molecule has 0 radical (unpaired) electrons. The van der Waals surface area contributed by atoms with Crippen molar-refractivity contribution in [2.24, 2.45) is 0 Å². The van der Waals surface area contributed by atoms with Crippen LogP contribution >= 0.6 is 0 Å². The Morgan fingerprint density at radius 3 is 2.23 bits per heavy atom. The lowest BCUT2D eigenvalue weighted by atomic mass is 10.1. The molecular weight excluding hydrogens is 288 g/mol. The van der Waals surface area contributed by atoms with Gasteiger partial charge < -0.3 is 0 Å². The maximum absolute atomic E-state index is 11.9. The summed E-state index contributed by atoms with van der Waals surface area (Å²) in [7, 11) is 0. The zero-order valence-electron chi connectivity index (χ0n) is 11.6. The number of pyridine rings is 1. The minimum absolute atomic E-state index is 0.0762. The summed E-state index contributed by atoms with van der Waals surface area (Å²) in [4.78, 5) is 37.7. The molecule has 1 heterocycles. The number of rotatable bonds is 3. The molecule has 0 aliphatic heterocycles. The summed E-state index contributed by atoms with van der Waals surface area (Å²) >= 11 is 0. The number of hydrogen-bond donors (Lipinski definition) is 2. The molecule has 1 aromatic carbocycles. The Labute approximate surface area is 125 Å². The van der Waals surface area contributed by atoms with Crippen LogP contribution < -0.4 is 10.9 Å². The summed E-state index contributed by atoms with van der Waals surface area (Å²) in [6.07, 6.45) is 2.89. The van der Waals surface area contributed by atoms with E-state index < -0.39 is 16.7 Å². The number of nitrogens with one attached hydrogen (secondary N) is 2. The van der Waals surface area contributed by atoms with E-state index in [0.717, 1.165) is 6.07 Å². The minimum Gasteiger partial charge on any atom is -0.267 e. The highest BCUT2D eigenvalue weighted by Crippen LogP contribution is 2.18. The fourth-order valence-corrected chi connectivity index (χ4v) is 1.71. The van der Waals surface area contributed by atoms with Crippen molar-refractivity contribution < 1.29 is 14.5 Å². The van der Waals surface area contributed by atoms with Crippen LogP contribution in [0.3, 0.4) is 0 Å². The number of nitro benzene ring substituents is 1. The number of hydrogen-bond acceptors (Lipinski definition) is 5. The molecule has 0 fully saturated rings. The van der Waals surface area contributed by atoms with E-state index in [9.17, 15) is 19.7 Å². The van der Waals surface area contributed by atoms with E-state index in [4.69, 9.17) is 0 Å². The Morgan fingerprint density at radius 1 is 1.05 bits per heavy atom. The summed E-state index contributed by atoms with van der Waals surface area (Å²) in [6, 6.07) is 7.04. The molecule has 0 aliphatic carbocycles. The zero-order valence-corrected chi connectivity index (χ0v) is 11.6. The second-order valence-electron chi connectivity index (χ2n) is 4.40. The predicted octanol–water partition coefficient (Wildman–Crippen LogP) is 1.37. The van der Waals surface area contributed by atoms with Gasteiger partial charge in [0.2, 0.25) is 0 Å². The molecule has 0 saturated heterocycles. The number of nitrogens with zero attached hydrogens (tertiary/aromatic N) is 2. The van der Waals surface area contributed by atoms with E-state index >= 15 is 0 Å². The lowest BCUT2D eigenvalue weighted by Gasteiger charge is -2.07. The van der Waals surface area contributed by atoms with Gasteiger partial charge in [-0.1, -0.05) is 6.07 Å². The SMILES string of the molecule is Cc1ccc(C(=O)NNC(=O)c2ccncc2)cc1[N+](=O)[O-]. The van der Waals surface area contributed by atoms with Crippen LogP contribution in [0.15, 0.2) is 42.7 Å². The molecule has 0 aliphatic rings. The number of nitro groups is 1. The molecular formula is C14H12N4O4. The van der Waals surface area contributed by atoms with Crippen LogP contribution in [0.2, 0.25) is 0 Å². The predicted molar refractivity (Wildman–Crippen MR) is 77.0 cm³/mol. The van der Waals surface area contributed by atoms with Crippen LogP contribution in [-0.2, 0) is 0 Å². The second kappa shape index (κ2) is 6.44. The molecule has 22 heavy (non-hydrogen) atoms. The molecule has 0 spiro atoms. The van der Waals surface area contributed by atoms with Crippen molar-refractivity contribution in [3.63, 3.8) is 0 Å². The topological polar surface area (TPSA) is 114 Å². The molecule has 8 heteroatoms. The standard InChI is InChI=1S/C14H12N4O4/c1-9-2-3-11(8-12(9)18(21)22)14(20)17-16-13(19)10-4-6-15-7-5-10/h2-8H,1H3,(H,16,19)(H,17,20). The molecule has 1 aromatic heterocycles. The smallest absolute Gasteiger partial charge is 0.267 e. The van der Waals surface area contributed by atoms with Crippen LogP contribution in [0.1, 0.15) is 26.3 Å².